The third-order valence-corrected chi connectivity index (χ3v) is 3.02. The van der Waals surface area contributed by atoms with Crippen molar-refractivity contribution in [2.24, 2.45) is 0 Å². The summed E-state index contributed by atoms with van der Waals surface area (Å²) in [5.74, 6) is -2.43. The summed E-state index contributed by atoms with van der Waals surface area (Å²) in [6.45, 7) is 0.612. The topological polar surface area (TPSA) is 60.9 Å². The van der Waals surface area contributed by atoms with E-state index >= 15 is 0 Å². The highest BCUT2D eigenvalue weighted by molar-refractivity contribution is 6.29. The Labute approximate surface area is 119 Å². The van der Waals surface area contributed by atoms with Crippen molar-refractivity contribution in [3.8, 4) is 0 Å². The number of amides is 3. The molecule has 3 amide bonds. The number of alkyl halides is 3. The van der Waals surface area contributed by atoms with Gasteiger partial charge in [-0.15, -0.1) is 39.9 Å². The average Bonchev–Trinajstić information content (AvgIpc) is 2.43. The Morgan fingerprint density at radius 3 is 1.50 bits per heavy atom. The Balaban J connectivity index is 3.00. The lowest BCUT2D eigenvalue weighted by atomic mass is 10.3. The summed E-state index contributed by atoms with van der Waals surface area (Å²) in [6, 6.07) is 0. The number of hydrogen-bond acceptors (Lipinski definition) is 3. The van der Waals surface area contributed by atoms with Gasteiger partial charge in [-0.2, -0.15) is 0 Å². The number of hydrogen-bond donors (Lipinski definition) is 0. The van der Waals surface area contributed by atoms with Crippen LogP contribution in [-0.4, -0.2) is 63.6 Å². The molecule has 102 valence electrons. The van der Waals surface area contributed by atoms with Crippen LogP contribution in [0.5, 0.6) is 0 Å². The Morgan fingerprint density at radius 1 is 0.778 bits per heavy atom. The zero-order chi connectivity index (χ0) is 13.7. The van der Waals surface area contributed by atoms with E-state index in [2.05, 4.69) is 0 Å². The molecule has 0 unspecified atom stereocenters. The lowest BCUT2D eigenvalue weighted by Crippen LogP contribution is -2.64. The third kappa shape index (κ3) is 3.18. The van der Waals surface area contributed by atoms with Crippen LogP contribution in [0.25, 0.3) is 0 Å². The Hall–Kier alpha value is -0.720. The van der Waals surface area contributed by atoms with Gasteiger partial charge in [-0.25, -0.2) is 10.0 Å². The van der Waals surface area contributed by atoms with Gasteiger partial charge in [-0.05, 0) is 6.42 Å². The van der Waals surface area contributed by atoms with Crippen molar-refractivity contribution in [3.05, 3.63) is 0 Å². The minimum Gasteiger partial charge on any atom is -0.272 e. The van der Waals surface area contributed by atoms with Gasteiger partial charge in [0.25, 0.3) is 17.7 Å². The fourth-order valence-corrected chi connectivity index (χ4v) is 1.99. The molecule has 1 aliphatic heterocycles. The van der Waals surface area contributed by atoms with Gasteiger partial charge in [0.05, 0.1) is 0 Å². The van der Waals surface area contributed by atoms with Crippen LogP contribution < -0.4 is 0 Å². The second-order valence-corrected chi connectivity index (χ2v) is 4.27. The first kappa shape index (κ1) is 15.3. The molecule has 0 aliphatic carbocycles. The predicted octanol–water partition coefficient (Wildman–Crippen LogP) is 0.422. The van der Waals surface area contributed by atoms with Crippen molar-refractivity contribution < 1.29 is 14.4 Å². The Kier molecular flexibility index (Phi) is 5.98. The number of nitrogens with zero attached hydrogens (tertiary/aromatic N) is 3. The Bertz CT molecular complexity index is 329. The molecule has 18 heavy (non-hydrogen) atoms. The van der Waals surface area contributed by atoms with Crippen LogP contribution in [0.3, 0.4) is 0 Å². The summed E-state index contributed by atoms with van der Waals surface area (Å²) >= 11 is 16.4. The van der Waals surface area contributed by atoms with Crippen molar-refractivity contribution in [1.29, 1.82) is 0 Å². The molecule has 0 aromatic heterocycles. The molecule has 6 nitrogen and oxygen atoms in total. The molecule has 1 saturated heterocycles. The summed E-state index contributed by atoms with van der Waals surface area (Å²) in [6.07, 6.45) is 0.539. The minimum atomic E-state index is -0.576. The quantitative estimate of drug-likeness (QED) is 0.709. The number of carbonyl (C=O) groups excluding carboxylic acids is 3. The maximum atomic E-state index is 11.7. The molecule has 0 aromatic rings. The molecular formula is C9H12Cl3N3O3. The highest BCUT2D eigenvalue weighted by Gasteiger charge is 2.36. The standard InChI is InChI=1S/C9H12Cl3N3O3/c10-4-7(16)13-2-1-3-14(8(17)5-11)15(13)9(18)6-12/h1-6H2. The normalized spacial score (nSPS) is 15.8. The van der Waals surface area contributed by atoms with Gasteiger partial charge in [-0.3, -0.25) is 14.4 Å². The molecule has 1 rings (SSSR count). The molecule has 0 saturated carbocycles. The second kappa shape index (κ2) is 7.01. The molecule has 0 radical (unpaired) electrons. The van der Waals surface area contributed by atoms with Gasteiger partial charge in [0.1, 0.15) is 17.6 Å². The number of halogens is 3. The number of rotatable bonds is 3. The highest BCUT2D eigenvalue weighted by atomic mass is 35.5. The van der Waals surface area contributed by atoms with Gasteiger partial charge in [-0.1, -0.05) is 0 Å². The lowest BCUT2D eigenvalue weighted by Gasteiger charge is -2.44. The predicted molar refractivity (Wildman–Crippen MR) is 67.0 cm³/mol. The zero-order valence-electron chi connectivity index (χ0n) is 9.44. The van der Waals surface area contributed by atoms with E-state index in [-0.39, 0.29) is 17.6 Å². The van der Waals surface area contributed by atoms with E-state index in [1.165, 1.54) is 0 Å². The molecule has 1 aliphatic rings. The second-order valence-electron chi connectivity index (χ2n) is 3.47. The van der Waals surface area contributed by atoms with Gasteiger partial charge < -0.3 is 0 Å². The number of carbonyl (C=O) groups is 3. The molecule has 0 aromatic carbocycles. The van der Waals surface area contributed by atoms with Crippen molar-refractivity contribution in [3.63, 3.8) is 0 Å². The van der Waals surface area contributed by atoms with Crippen molar-refractivity contribution >= 4 is 52.5 Å². The first-order chi connectivity index (χ1) is 8.56. The van der Waals surface area contributed by atoms with E-state index in [1.807, 2.05) is 0 Å². The molecule has 9 heteroatoms. The fraction of sp³-hybridized carbons (Fsp3) is 0.667. The van der Waals surface area contributed by atoms with E-state index in [9.17, 15) is 14.4 Å². The van der Waals surface area contributed by atoms with E-state index in [4.69, 9.17) is 34.8 Å². The van der Waals surface area contributed by atoms with Crippen LogP contribution in [0.2, 0.25) is 0 Å². The SMILES string of the molecule is O=C(CCl)N1CCCN(C(=O)CCl)N1C(=O)CCl. The van der Waals surface area contributed by atoms with Crippen LogP contribution in [0.15, 0.2) is 0 Å². The van der Waals surface area contributed by atoms with E-state index in [1.54, 1.807) is 0 Å². The minimum absolute atomic E-state index is 0.283. The van der Waals surface area contributed by atoms with Gasteiger partial charge in [0.2, 0.25) is 0 Å². The summed E-state index contributed by atoms with van der Waals surface area (Å²) < 4.78 is 0. The maximum Gasteiger partial charge on any atom is 0.275 e. The summed E-state index contributed by atoms with van der Waals surface area (Å²) in [4.78, 5) is 35.0. The van der Waals surface area contributed by atoms with Crippen LogP contribution >= 0.6 is 34.8 Å². The monoisotopic (exact) mass is 315 g/mol. The largest absolute Gasteiger partial charge is 0.275 e. The molecule has 0 N–H and O–H groups in total. The van der Waals surface area contributed by atoms with E-state index in [0.29, 0.717) is 19.5 Å². The molecular weight excluding hydrogens is 304 g/mol. The van der Waals surface area contributed by atoms with Crippen LogP contribution in [0, 0.1) is 0 Å². The fourth-order valence-electron chi connectivity index (χ4n) is 1.61. The third-order valence-electron chi connectivity index (χ3n) is 2.34. The summed E-state index contributed by atoms with van der Waals surface area (Å²) in [5, 5.41) is 3.17. The van der Waals surface area contributed by atoms with E-state index in [0.717, 1.165) is 15.1 Å². The van der Waals surface area contributed by atoms with Gasteiger partial charge >= 0.3 is 0 Å². The van der Waals surface area contributed by atoms with Crippen LogP contribution in [0.4, 0.5) is 0 Å². The number of hydrazine groups is 2. The Morgan fingerprint density at radius 2 is 1.17 bits per heavy atom. The van der Waals surface area contributed by atoms with Gasteiger partial charge in [0, 0.05) is 13.1 Å². The van der Waals surface area contributed by atoms with Crippen LogP contribution in [-0.2, 0) is 14.4 Å². The average molecular weight is 317 g/mol. The smallest absolute Gasteiger partial charge is 0.272 e. The molecule has 0 atom stereocenters. The molecule has 1 heterocycles. The lowest BCUT2D eigenvalue weighted by molar-refractivity contribution is -0.213. The maximum absolute atomic E-state index is 11.7. The molecule has 1 fully saturated rings. The van der Waals surface area contributed by atoms with E-state index < -0.39 is 17.7 Å². The summed E-state index contributed by atoms with van der Waals surface area (Å²) in [5.41, 5.74) is 0. The highest BCUT2D eigenvalue weighted by Crippen LogP contribution is 2.15. The first-order valence-corrected chi connectivity index (χ1v) is 6.78. The van der Waals surface area contributed by atoms with Crippen molar-refractivity contribution in [2.75, 3.05) is 30.7 Å². The summed E-state index contributed by atoms with van der Waals surface area (Å²) in [7, 11) is 0. The van der Waals surface area contributed by atoms with Crippen molar-refractivity contribution in [1.82, 2.24) is 15.1 Å². The zero-order valence-corrected chi connectivity index (χ0v) is 11.7. The van der Waals surface area contributed by atoms with Crippen molar-refractivity contribution in [2.45, 2.75) is 6.42 Å². The molecule has 0 spiro atoms. The van der Waals surface area contributed by atoms with Gasteiger partial charge in [0.15, 0.2) is 0 Å². The first-order valence-electron chi connectivity index (χ1n) is 5.18. The molecule has 0 bridgehead atoms. The van der Waals surface area contributed by atoms with Crippen LogP contribution in [0.1, 0.15) is 6.42 Å².